The number of carbonyl (C=O) groups is 1. The topological polar surface area (TPSA) is 49.8 Å². The van der Waals surface area contributed by atoms with Crippen molar-refractivity contribution in [1.29, 1.82) is 0 Å². The highest BCUT2D eigenvalue weighted by Gasteiger charge is 2.38. The molecule has 0 aliphatic carbocycles. The summed E-state index contributed by atoms with van der Waals surface area (Å²) in [5, 5.41) is 9.78. The van der Waals surface area contributed by atoms with Crippen LogP contribution >= 0.6 is 0 Å². The maximum absolute atomic E-state index is 13.2. The fraction of sp³-hybridized carbons (Fsp3) is 0.269. The normalized spacial score (nSPS) is 14.8. The summed E-state index contributed by atoms with van der Waals surface area (Å²) in [5.74, 6) is 0.234. The van der Waals surface area contributed by atoms with E-state index in [1.54, 1.807) is 17.0 Å². The number of ether oxygens (including phenoxy) is 1. The molecule has 3 aromatic rings. The van der Waals surface area contributed by atoms with Crippen LogP contribution in [0.3, 0.4) is 0 Å². The largest absolute Gasteiger partial charge is 0.504 e. The molecular formula is C26H24F3NO3. The highest BCUT2D eigenvalue weighted by atomic mass is 19.4. The second-order valence-corrected chi connectivity index (χ2v) is 8.85. The van der Waals surface area contributed by atoms with Gasteiger partial charge >= 0.3 is 6.18 Å². The maximum Gasteiger partial charge on any atom is 0.416 e. The van der Waals surface area contributed by atoms with Crippen LogP contribution in [0.15, 0.2) is 60.7 Å². The predicted octanol–water partition coefficient (Wildman–Crippen LogP) is 5.95. The monoisotopic (exact) mass is 455 g/mol. The summed E-state index contributed by atoms with van der Waals surface area (Å²) in [5.41, 5.74) is 2.97. The van der Waals surface area contributed by atoms with Gasteiger partial charge in [-0.05, 0) is 58.7 Å². The van der Waals surface area contributed by atoms with Crippen LogP contribution in [-0.4, -0.2) is 24.7 Å². The van der Waals surface area contributed by atoms with Crippen LogP contribution in [0.1, 0.15) is 30.5 Å². The van der Waals surface area contributed by atoms with Gasteiger partial charge in [0.1, 0.15) is 0 Å². The lowest BCUT2D eigenvalue weighted by molar-refractivity contribution is -0.137. The average Bonchev–Trinajstić information content (AvgIpc) is 3.05. The number of halogens is 3. The number of phenolic OH excluding ortho intramolecular Hbond substituents is 1. The number of amides is 1. The van der Waals surface area contributed by atoms with Crippen LogP contribution in [0.5, 0.6) is 11.5 Å². The van der Waals surface area contributed by atoms with Gasteiger partial charge in [0.25, 0.3) is 0 Å². The van der Waals surface area contributed by atoms with Gasteiger partial charge in [-0.1, -0.05) is 38.1 Å². The van der Waals surface area contributed by atoms with E-state index < -0.39 is 11.7 Å². The minimum absolute atomic E-state index is 0.0112. The van der Waals surface area contributed by atoms with E-state index in [0.717, 1.165) is 34.5 Å². The molecule has 0 unspecified atom stereocenters. The van der Waals surface area contributed by atoms with Crippen molar-refractivity contribution in [3.63, 3.8) is 0 Å². The van der Waals surface area contributed by atoms with Gasteiger partial charge in [0, 0.05) is 17.6 Å². The summed E-state index contributed by atoms with van der Waals surface area (Å²) in [6, 6.07) is 15.5. The minimum Gasteiger partial charge on any atom is -0.504 e. The Bertz CT molecular complexity index is 1200. The molecule has 0 aromatic heterocycles. The van der Waals surface area contributed by atoms with Crippen LogP contribution in [0.2, 0.25) is 0 Å². The van der Waals surface area contributed by atoms with E-state index in [1.807, 2.05) is 32.0 Å². The second kappa shape index (κ2) is 8.14. The van der Waals surface area contributed by atoms with Crippen molar-refractivity contribution in [2.75, 3.05) is 18.6 Å². The molecule has 0 atom stereocenters. The third-order valence-corrected chi connectivity index (χ3v) is 6.02. The zero-order valence-electron chi connectivity index (χ0n) is 18.5. The van der Waals surface area contributed by atoms with Gasteiger partial charge in [-0.2, -0.15) is 13.2 Å². The van der Waals surface area contributed by atoms with Gasteiger partial charge in [0.05, 0.1) is 19.1 Å². The molecule has 0 bridgehead atoms. The van der Waals surface area contributed by atoms with Gasteiger partial charge in [-0.25, -0.2) is 0 Å². The highest BCUT2D eigenvalue weighted by molar-refractivity contribution is 5.98. The average molecular weight is 455 g/mol. The maximum atomic E-state index is 13.2. The summed E-state index contributed by atoms with van der Waals surface area (Å²) in [6.45, 7) is 4.57. The van der Waals surface area contributed by atoms with Crippen LogP contribution in [0, 0.1) is 0 Å². The summed E-state index contributed by atoms with van der Waals surface area (Å²) >= 11 is 0. The lowest BCUT2D eigenvalue weighted by Crippen LogP contribution is -2.34. The van der Waals surface area contributed by atoms with Crippen molar-refractivity contribution in [3.8, 4) is 22.6 Å². The Kier molecular flexibility index (Phi) is 5.60. The molecule has 1 heterocycles. The first-order valence-corrected chi connectivity index (χ1v) is 10.5. The number of anilines is 1. The van der Waals surface area contributed by atoms with Gasteiger partial charge in [0.2, 0.25) is 5.91 Å². The molecular weight excluding hydrogens is 431 g/mol. The number of rotatable bonds is 4. The predicted molar refractivity (Wildman–Crippen MR) is 121 cm³/mol. The van der Waals surface area contributed by atoms with Crippen LogP contribution < -0.4 is 9.64 Å². The Labute approximate surface area is 190 Å². The van der Waals surface area contributed by atoms with Gasteiger partial charge in [-0.15, -0.1) is 0 Å². The number of hydrogen-bond acceptors (Lipinski definition) is 3. The molecule has 172 valence electrons. The van der Waals surface area contributed by atoms with Crippen molar-refractivity contribution >= 4 is 11.6 Å². The number of fused-ring (bicyclic) bond motifs is 1. The first-order valence-electron chi connectivity index (χ1n) is 10.5. The van der Waals surface area contributed by atoms with E-state index in [2.05, 4.69) is 0 Å². The highest BCUT2D eigenvalue weighted by Crippen LogP contribution is 2.43. The Hall–Kier alpha value is -3.48. The molecule has 3 aromatic carbocycles. The zero-order chi connectivity index (χ0) is 24.0. The number of phenols is 1. The smallest absolute Gasteiger partial charge is 0.416 e. The molecule has 0 saturated heterocycles. The summed E-state index contributed by atoms with van der Waals surface area (Å²) in [7, 11) is 1.45. The van der Waals surface area contributed by atoms with Crippen LogP contribution in [0.25, 0.3) is 11.1 Å². The molecule has 1 aliphatic heterocycles. The summed E-state index contributed by atoms with van der Waals surface area (Å²) in [4.78, 5) is 14.9. The third kappa shape index (κ3) is 4.40. The zero-order valence-corrected chi connectivity index (χ0v) is 18.5. The molecule has 1 N–H and O–H groups in total. The molecule has 1 aliphatic rings. The number of methoxy groups -OCH3 is 1. The van der Waals surface area contributed by atoms with Gasteiger partial charge < -0.3 is 14.7 Å². The number of hydrogen-bond donors (Lipinski definition) is 1. The lowest BCUT2D eigenvalue weighted by atomic mass is 9.85. The van der Waals surface area contributed by atoms with Crippen molar-refractivity contribution in [2.24, 2.45) is 0 Å². The Balaban J connectivity index is 1.61. The molecule has 4 nitrogen and oxygen atoms in total. The number of alkyl halides is 3. The first-order chi connectivity index (χ1) is 15.5. The quantitative estimate of drug-likeness (QED) is 0.529. The summed E-state index contributed by atoms with van der Waals surface area (Å²) in [6.07, 6.45) is -4.23. The molecule has 0 radical (unpaired) electrons. The lowest BCUT2D eigenvalue weighted by Gasteiger charge is -2.21. The third-order valence-electron chi connectivity index (χ3n) is 6.02. The Morgan fingerprint density at radius 2 is 1.70 bits per heavy atom. The van der Waals surface area contributed by atoms with E-state index in [-0.39, 0.29) is 23.5 Å². The van der Waals surface area contributed by atoms with Crippen molar-refractivity contribution < 1.29 is 27.8 Å². The Morgan fingerprint density at radius 1 is 1.03 bits per heavy atom. The van der Waals surface area contributed by atoms with E-state index in [9.17, 15) is 23.1 Å². The SMILES string of the molecule is COc1cc(CC(=O)N2CC(C)(C)c3cc(-c4ccc(C(F)(F)F)cc4)ccc32)ccc1O. The fourth-order valence-corrected chi connectivity index (χ4v) is 4.23. The molecule has 33 heavy (non-hydrogen) atoms. The fourth-order valence-electron chi connectivity index (χ4n) is 4.23. The molecule has 0 spiro atoms. The van der Waals surface area contributed by atoms with Gasteiger partial charge in [-0.3, -0.25) is 4.79 Å². The molecule has 0 fully saturated rings. The summed E-state index contributed by atoms with van der Waals surface area (Å²) < 4.78 is 43.8. The van der Waals surface area contributed by atoms with E-state index in [4.69, 9.17) is 4.74 Å². The van der Waals surface area contributed by atoms with E-state index in [0.29, 0.717) is 17.9 Å². The number of nitrogens with zero attached hydrogens (tertiary/aromatic N) is 1. The van der Waals surface area contributed by atoms with E-state index >= 15 is 0 Å². The molecule has 0 saturated carbocycles. The first kappa shape index (κ1) is 22.7. The molecule has 7 heteroatoms. The Morgan fingerprint density at radius 3 is 2.33 bits per heavy atom. The van der Waals surface area contributed by atoms with Gasteiger partial charge in [0.15, 0.2) is 11.5 Å². The van der Waals surface area contributed by atoms with E-state index in [1.165, 1.54) is 25.3 Å². The number of carbonyl (C=O) groups excluding carboxylic acids is 1. The standard InChI is InChI=1S/C26H24F3NO3/c1-25(2)15-30(24(32)13-16-4-11-22(31)23(12-16)33-3)21-10-7-18(14-20(21)25)17-5-8-19(9-6-17)26(27,28)29/h4-12,14,31H,13,15H2,1-3H3. The molecule has 1 amide bonds. The minimum atomic E-state index is -4.37. The second-order valence-electron chi connectivity index (χ2n) is 8.85. The van der Waals surface area contributed by atoms with Crippen molar-refractivity contribution in [2.45, 2.75) is 31.9 Å². The van der Waals surface area contributed by atoms with Crippen molar-refractivity contribution in [1.82, 2.24) is 0 Å². The number of benzene rings is 3. The number of aromatic hydroxyl groups is 1. The van der Waals surface area contributed by atoms with Crippen LogP contribution in [0.4, 0.5) is 18.9 Å². The molecule has 4 rings (SSSR count). The van der Waals surface area contributed by atoms with Crippen molar-refractivity contribution in [3.05, 3.63) is 77.4 Å². The van der Waals surface area contributed by atoms with Crippen LogP contribution in [-0.2, 0) is 22.8 Å².